The van der Waals surface area contributed by atoms with Crippen LogP contribution in [-0.2, 0) is 0 Å². The first kappa shape index (κ1) is 14.7. The second kappa shape index (κ2) is 6.61. The van der Waals surface area contributed by atoms with Crippen LogP contribution in [0.5, 0.6) is 11.5 Å². The van der Waals surface area contributed by atoms with Gasteiger partial charge in [0, 0.05) is 19.1 Å². The van der Waals surface area contributed by atoms with Gasteiger partial charge in [0.05, 0.1) is 19.8 Å². The minimum absolute atomic E-state index is 0.00282. The molecular formula is C15H22N2O3. The summed E-state index contributed by atoms with van der Waals surface area (Å²) < 4.78 is 10.5. The SMILES string of the molecule is CCN(C(=O)c1cc(OC)ccc1OC)C1CCNC1. The van der Waals surface area contributed by atoms with Gasteiger partial charge in [-0.05, 0) is 38.1 Å². The zero-order valence-corrected chi connectivity index (χ0v) is 12.3. The number of ether oxygens (including phenoxy) is 2. The number of methoxy groups -OCH3 is 2. The fourth-order valence-electron chi connectivity index (χ4n) is 2.61. The number of carbonyl (C=O) groups is 1. The Bertz CT molecular complexity index is 470. The summed E-state index contributed by atoms with van der Waals surface area (Å²) in [6.07, 6.45) is 0.992. The molecule has 1 heterocycles. The van der Waals surface area contributed by atoms with Gasteiger partial charge in [-0.2, -0.15) is 0 Å². The van der Waals surface area contributed by atoms with Gasteiger partial charge in [0.15, 0.2) is 0 Å². The van der Waals surface area contributed by atoms with Gasteiger partial charge in [0.1, 0.15) is 11.5 Å². The lowest BCUT2D eigenvalue weighted by Gasteiger charge is -2.28. The average molecular weight is 278 g/mol. The summed E-state index contributed by atoms with van der Waals surface area (Å²) in [5.74, 6) is 1.24. The van der Waals surface area contributed by atoms with Gasteiger partial charge in [-0.3, -0.25) is 4.79 Å². The van der Waals surface area contributed by atoms with Crippen LogP contribution in [0.4, 0.5) is 0 Å². The van der Waals surface area contributed by atoms with Crippen LogP contribution in [0.3, 0.4) is 0 Å². The maximum Gasteiger partial charge on any atom is 0.258 e. The van der Waals surface area contributed by atoms with Crippen LogP contribution in [-0.4, -0.2) is 50.7 Å². The molecule has 1 aromatic carbocycles. The number of carbonyl (C=O) groups excluding carboxylic acids is 1. The highest BCUT2D eigenvalue weighted by atomic mass is 16.5. The van der Waals surface area contributed by atoms with Crippen LogP contribution in [0.1, 0.15) is 23.7 Å². The second-order valence-electron chi connectivity index (χ2n) is 4.80. The molecule has 1 atom stereocenters. The van der Waals surface area contributed by atoms with Crippen molar-refractivity contribution in [3.05, 3.63) is 23.8 Å². The predicted molar refractivity (Wildman–Crippen MR) is 77.5 cm³/mol. The summed E-state index contributed by atoms with van der Waals surface area (Å²) in [7, 11) is 3.17. The highest BCUT2D eigenvalue weighted by Gasteiger charge is 2.27. The number of hydrogen-bond donors (Lipinski definition) is 1. The van der Waals surface area contributed by atoms with Gasteiger partial charge in [-0.1, -0.05) is 0 Å². The zero-order chi connectivity index (χ0) is 14.5. The molecule has 0 aromatic heterocycles. The Morgan fingerprint density at radius 2 is 2.20 bits per heavy atom. The molecule has 0 bridgehead atoms. The highest BCUT2D eigenvalue weighted by Crippen LogP contribution is 2.26. The Hall–Kier alpha value is -1.75. The van der Waals surface area contributed by atoms with Gasteiger partial charge in [0.25, 0.3) is 5.91 Å². The van der Waals surface area contributed by atoms with E-state index in [1.165, 1.54) is 0 Å². The molecule has 1 aromatic rings. The Balaban J connectivity index is 2.29. The van der Waals surface area contributed by atoms with E-state index >= 15 is 0 Å². The summed E-state index contributed by atoms with van der Waals surface area (Å²) in [6.45, 7) is 4.50. The minimum atomic E-state index is -0.00282. The monoisotopic (exact) mass is 278 g/mol. The number of hydrogen-bond acceptors (Lipinski definition) is 4. The van der Waals surface area contributed by atoms with E-state index in [1.54, 1.807) is 32.4 Å². The number of benzene rings is 1. The molecule has 5 heteroatoms. The molecule has 0 saturated carbocycles. The molecule has 1 amide bonds. The average Bonchev–Trinajstić information content (AvgIpc) is 3.01. The predicted octanol–water partition coefficient (Wildman–Crippen LogP) is 1.53. The van der Waals surface area contributed by atoms with Crippen molar-refractivity contribution < 1.29 is 14.3 Å². The number of likely N-dealkylation sites (N-methyl/N-ethyl adjacent to an activating group) is 1. The molecule has 0 radical (unpaired) electrons. The first-order valence-electron chi connectivity index (χ1n) is 6.95. The largest absolute Gasteiger partial charge is 0.497 e. The smallest absolute Gasteiger partial charge is 0.258 e. The van der Waals surface area contributed by atoms with Gasteiger partial charge in [-0.25, -0.2) is 0 Å². The fraction of sp³-hybridized carbons (Fsp3) is 0.533. The third-order valence-electron chi connectivity index (χ3n) is 3.71. The van der Waals surface area contributed by atoms with E-state index in [0.717, 1.165) is 19.5 Å². The Labute approximate surface area is 119 Å². The van der Waals surface area contributed by atoms with Crippen LogP contribution >= 0.6 is 0 Å². The Kier molecular flexibility index (Phi) is 4.84. The number of nitrogens with one attached hydrogen (secondary N) is 1. The van der Waals surface area contributed by atoms with Crippen molar-refractivity contribution in [3.63, 3.8) is 0 Å². The number of amides is 1. The maximum atomic E-state index is 12.8. The highest BCUT2D eigenvalue weighted by molar-refractivity contribution is 5.97. The van der Waals surface area contributed by atoms with Crippen molar-refractivity contribution in [1.82, 2.24) is 10.2 Å². The summed E-state index contributed by atoms with van der Waals surface area (Å²) in [5, 5.41) is 3.29. The molecule has 1 N–H and O–H groups in total. The van der Waals surface area contributed by atoms with Crippen molar-refractivity contribution in [3.8, 4) is 11.5 Å². The topological polar surface area (TPSA) is 50.8 Å². The third kappa shape index (κ3) is 2.88. The molecule has 1 aliphatic rings. The minimum Gasteiger partial charge on any atom is -0.497 e. The summed E-state index contributed by atoms with van der Waals surface area (Å²) in [4.78, 5) is 14.7. The van der Waals surface area contributed by atoms with Gasteiger partial charge < -0.3 is 19.7 Å². The summed E-state index contributed by atoms with van der Waals surface area (Å²) in [6, 6.07) is 5.56. The molecular weight excluding hydrogens is 256 g/mol. The maximum absolute atomic E-state index is 12.8. The van der Waals surface area contributed by atoms with E-state index in [2.05, 4.69) is 5.32 Å². The van der Waals surface area contributed by atoms with Crippen LogP contribution in [0.15, 0.2) is 18.2 Å². The molecule has 2 rings (SSSR count). The molecule has 110 valence electrons. The number of nitrogens with zero attached hydrogens (tertiary/aromatic N) is 1. The van der Waals surface area contributed by atoms with E-state index in [0.29, 0.717) is 23.6 Å². The summed E-state index contributed by atoms with van der Waals surface area (Å²) >= 11 is 0. The van der Waals surface area contributed by atoms with E-state index in [4.69, 9.17) is 9.47 Å². The molecule has 1 aliphatic heterocycles. The van der Waals surface area contributed by atoms with Crippen LogP contribution in [0.2, 0.25) is 0 Å². The molecule has 20 heavy (non-hydrogen) atoms. The van der Waals surface area contributed by atoms with E-state index < -0.39 is 0 Å². The van der Waals surface area contributed by atoms with E-state index in [1.807, 2.05) is 11.8 Å². The summed E-state index contributed by atoms with van der Waals surface area (Å²) in [5.41, 5.74) is 0.556. The molecule has 0 aliphatic carbocycles. The number of rotatable bonds is 5. The molecule has 0 spiro atoms. The molecule has 1 unspecified atom stereocenters. The molecule has 1 fully saturated rings. The van der Waals surface area contributed by atoms with Crippen LogP contribution in [0.25, 0.3) is 0 Å². The standard InChI is InChI=1S/C15H22N2O3/c1-4-17(11-7-8-16-10-11)15(18)13-9-12(19-2)5-6-14(13)20-3/h5-6,9,11,16H,4,7-8,10H2,1-3H3. The Morgan fingerprint density at radius 3 is 2.75 bits per heavy atom. The van der Waals surface area contributed by atoms with Gasteiger partial charge >= 0.3 is 0 Å². The molecule has 1 saturated heterocycles. The van der Waals surface area contributed by atoms with Gasteiger partial charge in [-0.15, -0.1) is 0 Å². The Morgan fingerprint density at radius 1 is 1.40 bits per heavy atom. The van der Waals surface area contributed by atoms with Crippen molar-refractivity contribution in [2.75, 3.05) is 33.9 Å². The zero-order valence-electron chi connectivity index (χ0n) is 12.3. The lowest BCUT2D eigenvalue weighted by molar-refractivity contribution is 0.0700. The lowest BCUT2D eigenvalue weighted by atomic mass is 10.1. The quantitative estimate of drug-likeness (QED) is 0.887. The van der Waals surface area contributed by atoms with Crippen LogP contribution in [0, 0.1) is 0 Å². The van der Waals surface area contributed by atoms with Crippen molar-refractivity contribution >= 4 is 5.91 Å². The molecule has 5 nitrogen and oxygen atoms in total. The van der Waals surface area contributed by atoms with Gasteiger partial charge in [0.2, 0.25) is 0 Å². The lowest BCUT2D eigenvalue weighted by Crippen LogP contribution is -2.41. The van der Waals surface area contributed by atoms with E-state index in [9.17, 15) is 4.79 Å². The third-order valence-corrected chi connectivity index (χ3v) is 3.71. The first-order valence-corrected chi connectivity index (χ1v) is 6.95. The fourth-order valence-corrected chi connectivity index (χ4v) is 2.61. The van der Waals surface area contributed by atoms with Crippen molar-refractivity contribution in [2.45, 2.75) is 19.4 Å². The van der Waals surface area contributed by atoms with Crippen molar-refractivity contribution in [2.24, 2.45) is 0 Å². The first-order chi connectivity index (χ1) is 9.71. The van der Waals surface area contributed by atoms with Crippen LogP contribution < -0.4 is 14.8 Å². The van der Waals surface area contributed by atoms with Crippen molar-refractivity contribution in [1.29, 1.82) is 0 Å². The normalized spacial score (nSPS) is 17.9. The second-order valence-corrected chi connectivity index (χ2v) is 4.80. The van der Waals surface area contributed by atoms with E-state index in [-0.39, 0.29) is 11.9 Å².